The largest absolute Gasteiger partial charge is 0.481 e. The van der Waals surface area contributed by atoms with Crippen LogP contribution in [0.2, 0.25) is 0 Å². The first-order chi connectivity index (χ1) is 11.7. The number of aliphatic carboxylic acids is 1. The first-order valence-corrected chi connectivity index (χ1v) is 7.43. The first-order valence-electron chi connectivity index (χ1n) is 7.43. The van der Waals surface area contributed by atoms with Crippen LogP contribution in [-0.2, 0) is 11.0 Å². The highest BCUT2D eigenvalue weighted by molar-refractivity contribution is 5.95. The number of para-hydroxylation sites is 1. The monoisotopic (exact) mass is 355 g/mol. The fraction of sp³-hybridized carbons (Fsp3) is 0.312. The second-order valence-electron chi connectivity index (χ2n) is 5.36. The molecule has 2 N–H and O–H groups in total. The van der Waals surface area contributed by atoms with Crippen molar-refractivity contribution < 1.29 is 27.9 Å². The summed E-state index contributed by atoms with van der Waals surface area (Å²) < 4.78 is 41.2. The van der Waals surface area contributed by atoms with Crippen LogP contribution in [0.3, 0.4) is 0 Å². The van der Waals surface area contributed by atoms with E-state index in [0.717, 1.165) is 6.20 Å². The van der Waals surface area contributed by atoms with Gasteiger partial charge in [-0.2, -0.15) is 18.3 Å². The molecule has 1 heterocycles. The molecule has 0 saturated carbocycles. The Labute approximate surface area is 141 Å². The van der Waals surface area contributed by atoms with Gasteiger partial charge in [-0.05, 0) is 25.0 Å². The highest BCUT2D eigenvalue weighted by Gasteiger charge is 2.40. The molecule has 2 rings (SSSR count). The van der Waals surface area contributed by atoms with Crippen LogP contribution in [0.5, 0.6) is 0 Å². The summed E-state index contributed by atoms with van der Waals surface area (Å²) in [6, 6.07) is 6.39. The summed E-state index contributed by atoms with van der Waals surface area (Å²) in [6.45, 7) is 1.60. The number of amides is 1. The Kier molecular flexibility index (Phi) is 5.45. The fourth-order valence-electron chi connectivity index (χ4n) is 2.31. The van der Waals surface area contributed by atoms with Gasteiger partial charge in [-0.25, -0.2) is 4.68 Å². The molecule has 1 amide bonds. The van der Waals surface area contributed by atoms with Crippen molar-refractivity contribution in [3.8, 4) is 5.69 Å². The van der Waals surface area contributed by atoms with E-state index < -0.39 is 29.3 Å². The number of nitrogens with zero attached hydrogens (tertiary/aromatic N) is 2. The van der Waals surface area contributed by atoms with E-state index in [0.29, 0.717) is 10.2 Å². The summed E-state index contributed by atoms with van der Waals surface area (Å²) in [5, 5.41) is 14.6. The maximum atomic E-state index is 13.5. The molecule has 25 heavy (non-hydrogen) atoms. The molecule has 134 valence electrons. The second-order valence-corrected chi connectivity index (χ2v) is 5.36. The van der Waals surface area contributed by atoms with Gasteiger partial charge in [-0.1, -0.05) is 18.2 Å². The highest BCUT2D eigenvalue weighted by Crippen LogP contribution is 2.34. The maximum absolute atomic E-state index is 13.5. The minimum Gasteiger partial charge on any atom is -0.481 e. The quantitative estimate of drug-likeness (QED) is 0.781. The molecule has 0 atom stereocenters. The number of benzene rings is 1. The van der Waals surface area contributed by atoms with Crippen molar-refractivity contribution in [2.75, 3.05) is 6.54 Å². The molecule has 0 aliphatic heterocycles. The summed E-state index contributed by atoms with van der Waals surface area (Å²) in [4.78, 5) is 22.5. The number of nitrogens with one attached hydrogen (secondary N) is 1. The molecule has 0 unspecified atom stereocenters. The molecule has 2 aromatic rings. The van der Waals surface area contributed by atoms with E-state index in [1.807, 2.05) is 0 Å². The van der Waals surface area contributed by atoms with Crippen molar-refractivity contribution in [1.82, 2.24) is 15.1 Å². The Morgan fingerprint density at radius 2 is 1.96 bits per heavy atom. The lowest BCUT2D eigenvalue weighted by molar-refractivity contribution is -0.143. The van der Waals surface area contributed by atoms with E-state index in [9.17, 15) is 22.8 Å². The highest BCUT2D eigenvalue weighted by atomic mass is 19.4. The average Bonchev–Trinajstić information content (AvgIpc) is 2.96. The van der Waals surface area contributed by atoms with Gasteiger partial charge in [0.2, 0.25) is 0 Å². The molecule has 1 aromatic carbocycles. The zero-order valence-electron chi connectivity index (χ0n) is 13.3. The number of alkyl halides is 3. The van der Waals surface area contributed by atoms with Crippen LogP contribution < -0.4 is 5.32 Å². The topological polar surface area (TPSA) is 84.2 Å². The third-order valence-corrected chi connectivity index (χ3v) is 3.48. The third kappa shape index (κ3) is 4.37. The molecule has 1 aromatic heterocycles. The zero-order chi connectivity index (χ0) is 18.6. The van der Waals surface area contributed by atoms with E-state index in [1.54, 1.807) is 25.1 Å². The Morgan fingerprint density at radius 3 is 2.56 bits per heavy atom. The summed E-state index contributed by atoms with van der Waals surface area (Å²) in [5.41, 5.74) is -0.979. The molecule has 0 radical (unpaired) electrons. The van der Waals surface area contributed by atoms with Gasteiger partial charge < -0.3 is 10.4 Å². The van der Waals surface area contributed by atoms with Gasteiger partial charge in [0.1, 0.15) is 0 Å². The van der Waals surface area contributed by atoms with Gasteiger partial charge in [-0.3, -0.25) is 9.59 Å². The predicted molar refractivity (Wildman–Crippen MR) is 82.5 cm³/mol. The molecule has 0 aliphatic rings. The van der Waals surface area contributed by atoms with E-state index >= 15 is 0 Å². The lowest BCUT2D eigenvalue weighted by Gasteiger charge is -2.14. The van der Waals surface area contributed by atoms with Crippen molar-refractivity contribution in [2.24, 2.45) is 0 Å². The average molecular weight is 355 g/mol. The minimum atomic E-state index is -4.79. The molecule has 6 nitrogen and oxygen atoms in total. The maximum Gasteiger partial charge on any atom is 0.434 e. The molecular weight excluding hydrogens is 339 g/mol. The third-order valence-electron chi connectivity index (χ3n) is 3.48. The number of rotatable bonds is 6. The molecule has 0 fully saturated rings. The number of hydrogen-bond donors (Lipinski definition) is 2. The number of carbonyl (C=O) groups is 2. The molecule has 0 bridgehead atoms. The molecule has 0 saturated heterocycles. The Bertz CT molecular complexity index is 784. The number of carboxylic acids is 1. The lowest BCUT2D eigenvalue weighted by atomic mass is 10.1. The van der Waals surface area contributed by atoms with Gasteiger partial charge in [0.15, 0.2) is 5.69 Å². The standard InChI is InChI=1S/C16H16F3N3O3/c1-10-5-2-3-6-12(10)22-14(16(17,18)19)11(9-21-22)15(25)20-8-4-7-13(23)24/h2-3,5-6,9H,4,7-8H2,1H3,(H,20,25)(H,23,24). The van der Waals surface area contributed by atoms with Crippen molar-refractivity contribution in [3.63, 3.8) is 0 Å². The molecule has 0 aliphatic carbocycles. The first kappa shape index (κ1) is 18.5. The van der Waals surface area contributed by atoms with E-state index in [-0.39, 0.29) is 25.1 Å². The van der Waals surface area contributed by atoms with Gasteiger partial charge in [-0.15, -0.1) is 0 Å². The van der Waals surface area contributed by atoms with Gasteiger partial charge >= 0.3 is 12.1 Å². The van der Waals surface area contributed by atoms with Crippen LogP contribution in [0.1, 0.15) is 34.5 Å². The Hall–Kier alpha value is -2.84. The number of hydrogen-bond acceptors (Lipinski definition) is 3. The Morgan fingerprint density at radius 1 is 1.28 bits per heavy atom. The second kappa shape index (κ2) is 7.37. The summed E-state index contributed by atoms with van der Waals surface area (Å²) in [5.74, 6) is -1.99. The van der Waals surface area contributed by atoms with Crippen LogP contribution in [0.25, 0.3) is 5.69 Å². The van der Waals surface area contributed by atoms with Crippen molar-refractivity contribution >= 4 is 11.9 Å². The van der Waals surface area contributed by atoms with Crippen LogP contribution in [-0.4, -0.2) is 33.3 Å². The summed E-state index contributed by atoms with van der Waals surface area (Å²) >= 11 is 0. The SMILES string of the molecule is Cc1ccccc1-n1ncc(C(=O)NCCCC(=O)O)c1C(F)(F)F. The van der Waals surface area contributed by atoms with Gasteiger partial charge in [0.05, 0.1) is 17.4 Å². The normalized spacial score (nSPS) is 11.4. The lowest BCUT2D eigenvalue weighted by Crippen LogP contribution is -2.27. The van der Waals surface area contributed by atoms with Crippen molar-refractivity contribution in [1.29, 1.82) is 0 Å². The van der Waals surface area contributed by atoms with Crippen LogP contribution in [0, 0.1) is 6.92 Å². The molecule has 9 heteroatoms. The number of carbonyl (C=O) groups excluding carboxylic acids is 1. The molecule has 0 spiro atoms. The fourth-order valence-corrected chi connectivity index (χ4v) is 2.31. The number of aryl methyl sites for hydroxylation is 1. The van der Waals surface area contributed by atoms with Gasteiger partial charge in [0, 0.05) is 13.0 Å². The van der Waals surface area contributed by atoms with Crippen LogP contribution >= 0.6 is 0 Å². The summed E-state index contributed by atoms with van der Waals surface area (Å²) in [7, 11) is 0. The zero-order valence-corrected chi connectivity index (χ0v) is 13.3. The van der Waals surface area contributed by atoms with E-state index in [2.05, 4.69) is 10.4 Å². The predicted octanol–water partition coefficient (Wildman–Crippen LogP) is 2.79. The minimum absolute atomic E-state index is 0.0437. The Balaban J connectivity index is 2.32. The number of carboxylic acid groups (broad SMARTS) is 1. The van der Waals surface area contributed by atoms with Gasteiger partial charge in [0.25, 0.3) is 5.91 Å². The van der Waals surface area contributed by atoms with E-state index in [1.165, 1.54) is 6.07 Å². The number of halogens is 3. The number of aromatic nitrogens is 2. The summed E-state index contributed by atoms with van der Waals surface area (Å²) in [6.07, 6.45) is -3.99. The van der Waals surface area contributed by atoms with Crippen LogP contribution in [0.15, 0.2) is 30.5 Å². The van der Waals surface area contributed by atoms with Crippen molar-refractivity contribution in [3.05, 3.63) is 47.3 Å². The van der Waals surface area contributed by atoms with Crippen molar-refractivity contribution in [2.45, 2.75) is 25.9 Å². The smallest absolute Gasteiger partial charge is 0.434 e. The van der Waals surface area contributed by atoms with Crippen LogP contribution in [0.4, 0.5) is 13.2 Å². The molecular formula is C16H16F3N3O3. The van der Waals surface area contributed by atoms with E-state index in [4.69, 9.17) is 5.11 Å².